The molecule has 168 valence electrons. The monoisotopic (exact) mass is 482 g/mol. The van der Waals surface area contributed by atoms with Crippen LogP contribution in [0.5, 0.6) is 0 Å². The molecule has 0 aromatic heterocycles. The topological polar surface area (TPSA) is 89.3 Å². The number of nitrogens with two attached hydrogens (primary N) is 1. The van der Waals surface area contributed by atoms with Crippen LogP contribution in [0.3, 0.4) is 0 Å². The first kappa shape index (κ1) is 23.8. The molecule has 3 rings (SSSR count). The number of nitrogens with one attached hydrogen (secondary N) is 1. The second-order valence-electron chi connectivity index (χ2n) is 6.88. The van der Waals surface area contributed by atoms with Crippen molar-refractivity contribution in [3.63, 3.8) is 0 Å². The van der Waals surface area contributed by atoms with Gasteiger partial charge in [0.2, 0.25) is 5.91 Å². The van der Waals surface area contributed by atoms with Gasteiger partial charge in [0.15, 0.2) is 9.84 Å². The van der Waals surface area contributed by atoms with Crippen molar-refractivity contribution in [2.45, 2.75) is 22.5 Å². The molecule has 0 aliphatic rings. The Kier molecular flexibility index (Phi) is 6.92. The summed E-state index contributed by atoms with van der Waals surface area (Å²) >= 11 is 5.83. The Balaban J connectivity index is 2.21. The van der Waals surface area contributed by atoms with Gasteiger partial charge in [0.1, 0.15) is 11.4 Å². The van der Waals surface area contributed by atoms with Crippen LogP contribution in [-0.2, 0) is 20.8 Å². The highest BCUT2D eigenvalue weighted by Gasteiger charge is 2.40. The summed E-state index contributed by atoms with van der Waals surface area (Å²) in [6, 6.07) is 15.8. The highest BCUT2D eigenvalue weighted by atomic mass is 35.5. The van der Waals surface area contributed by atoms with Crippen molar-refractivity contribution in [3.05, 3.63) is 101 Å². The lowest BCUT2D eigenvalue weighted by Gasteiger charge is -2.27. The van der Waals surface area contributed by atoms with Crippen molar-refractivity contribution in [1.82, 2.24) is 5.32 Å². The zero-order valence-corrected chi connectivity index (χ0v) is 18.0. The van der Waals surface area contributed by atoms with Gasteiger partial charge in [-0.3, -0.25) is 10.1 Å². The highest BCUT2D eigenvalue weighted by molar-refractivity contribution is 7.91. The summed E-state index contributed by atoms with van der Waals surface area (Å²) in [4.78, 5) is 11.9. The molecule has 0 aliphatic heterocycles. The Morgan fingerprint density at radius 3 is 2.03 bits per heavy atom. The standard InChI is InChI=1S/C22H18ClF3N2O3S/c23-15-10-12-16(13-11-15)32(30,31)21(17-8-4-5-9-18(17)22(24,25)26)28-19(20(27)29)14-6-2-1-3-7-14/h1-13,19,21,28H,(H2,27,29)/t19?,21-/m1/s1. The van der Waals surface area contributed by atoms with Gasteiger partial charge in [-0.1, -0.05) is 60.1 Å². The molecule has 32 heavy (non-hydrogen) atoms. The smallest absolute Gasteiger partial charge is 0.368 e. The van der Waals surface area contributed by atoms with E-state index < -0.39 is 44.5 Å². The molecule has 0 aliphatic carbocycles. The summed E-state index contributed by atoms with van der Waals surface area (Å²) in [7, 11) is -4.47. The average molecular weight is 483 g/mol. The minimum atomic E-state index is -4.83. The van der Waals surface area contributed by atoms with Crippen LogP contribution < -0.4 is 11.1 Å². The van der Waals surface area contributed by atoms with Gasteiger partial charge >= 0.3 is 6.18 Å². The normalized spacial score (nSPS) is 14.0. The lowest BCUT2D eigenvalue weighted by atomic mass is 10.0. The van der Waals surface area contributed by atoms with E-state index in [2.05, 4.69) is 5.32 Å². The average Bonchev–Trinajstić information content (AvgIpc) is 2.74. The summed E-state index contributed by atoms with van der Waals surface area (Å²) in [6.07, 6.45) is -4.83. The Bertz CT molecular complexity index is 1200. The number of carbonyl (C=O) groups is 1. The number of rotatable bonds is 7. The number of halogens is 4. The van der Waals surface area contributed by atoms with Crippen LogP contribution in [-0.4, -0.2) is 14.3 Å². The SMILES string of the molecule is NC(=O)C(N[C@@H](c1ccccc1C(F)(F)F)S(=O)(=O)c1ccc(Cl)cc1)c1ccccc1. The van der Waals surface area contributed by atoms with E-state index in [1.54, 1.807) is 18.2 Å². The number of hydrogen-bond donors (Lipinski definition) is 2. The lowest BCUT2D eigenvalue weighted by Crippen LogP contribution is -2.39. The molecule has 0 radical (unpaired) electrons. The number of hydrogen-bond acceptors (Lipinski definition) is 4. The van der Waals surface area contributed by atoms with E-state index in [4.69, 9.17) is 17.3 Å². The van der Waals surface area contributed by atoms with E-state index in [0.717, 1.165) is 18.2 Å². The number of primary amides is 1. The predicted molar refractivity (Wildman–Crippen MR) is 114 cm³/mol. The van der Waals surface area contributed by atoms with Crippen LogP contribution in [0, 0.1) is 0 Å². The van der Waals surface area contributed by atoms with E-state index in [0.29, 0.717) is 5.56 Å². The van der Waals surface area contributed by atoms with Gasteiger partial charge in [0.05, 0.1) is 10.5 Å². The number of carbonyl (C=O) groups excluding carboxylic acids is 1. The maximum atomic E-state index is 13.7. The maximum absolute atomic E-state index is 13.7. The number of alkyl halides is 3. The molecular weight excluding hydrogens is 465 g/mol. The summed E-state index contributed by atoms with van der Waals surface area (Å²) in [5.41, 5.74) is 4.09. The van der Waals surface area contributed by atoms with Crippen LogP contribution in [0.25, 0.3) is 0 Å². The first-order valence-electron chi connectivity index (χ1n) is 9.27. The Labute approximate surface area is 187 Å². The molecule has 0 saturated carbocycles. The first-order chi connectivity index (χ1) is 15.0. The molecule has 10 heteroatoms. The second-order valence-corrected chi connectivity index (χ2v) is 9.35. The maximum Gasteiger partial charge on any atom is 0.416 e. The lowest BCUT2D eigenvalue weighted by molar-refractivity contribution is -0.138. The van der Waals surface area contributed by atoms with Gasteiger partial charge in [-0.25, -0.2) is 8.42 Å². The van der Waals surface area contributed by atoms with Gasteiger partial charge in [0.25, 0.3) is 0 Å². The fourth-order valence-electron chi connectivity index (χ4n) is 3.23. The van der Waals surface area contributed by atoms with Crippen molar-refractivity contribution in [2.24, 2.45) is 5.73 Å². The van der Waals surface area contributed by atoms with Crippen LogP contribution in [0.15, 0.2) is 83.8 Å². The third-order valence-corrected chi connectivity index (χ3v) is 6.93. The number of sulfone groups is 1. The van der Waals surface area contributed by atoms with Crippen LogP contribution in [0.2, 0.25) is 5.02 Å². The third-order valence-electron chi connectivity index (χ3n) is 4.74. The van der Waals surface area contributed by atoms with Crippen LogP contribution in [0.4, 0.5) is 13.2 Å². The molecule has 1 amide bonds. The van der Waals surface area contributed by atoms with Gasteiger partial charge in [0, 0.05) is 5.02 Å². The van der Waals surface area contributed by atoms with Crippen LogP contribution in [0.1, 0.15) is 28.1 Å². The van der Waals surface area contributed by atoms with E-state index in [9.17, 15) is 26.4 Å². The van der Waals surface area contributed by atoms with E-state index in [-0.39, 0.29) is 9.92 Å². The minimum absolute atomic E-state index is 0.253. The minimum Gasteiger partial charge on any atom is -0.368 e. The fraction of sp³-hybridized carbons (Fsp3) is 0.136. The second kappa shape index (κ2) is 9.32. The molecule has 0 fully saturated rings. The predicted octanol–water partition coefficient (Wildman–Crippen LogP) is 4.65. The third kappa shape index (κ3) is 5.12. The fourth-order valence-corrected chi connectivity index (χ4v) is 5.00. The summed E-state index contributed by atoms with van der Waals surface area (Å²) in [6.45, 7) is 0. The molecule has 3 aromatic carbocycles. The van der Waals surface area contributed by atoms with Crippen molar-refractivity contribution in [3.8, 4) is 0 Å². The van der Waals surface area contributed by atoms with E-state index in [1.807, 2.05) is 0 Å². The summed E-state index contributed by atoms with van der Waals surface area (Å²) in [5, 5.41) is 0.878. The molecular formula is C22H18ClF3N2O3S. The van der Waals surface area contributed by atoms with Crippen molar-refractivity contribution < 1.29 is 26.4 Å². The van der Waals surface area contributed by atoms with Crippen molar-refractivity contribution in [2.75, 3.05) is 0 Å². The zero-order chi connectivity index (χ0) is 23.5. The van der Waals surface area contributed by atoms with Crippen LogP contribution >= 0.6 is 11.6 Å². The molecule has 2 atom stereocenters. The van der Waals surface area contributed by atoms with Gasteiger partial charge in [-0.15, -0.1) is 0 Å². The van der Waals surface area contributed by atoms with Gasteiger partial charge in [-0.05, 0) is 41.5 Å². The van der Waals surface area contributed by atoms with Gasteiger partial charge < -0.3 is 5.73 Å². The summed E-state index contributed by atoms with van der Waals surface area (Å²) in [5.74, 6) is -0.947. The first-order valence-corrected chi connectivity index (χ1v) is 11.2. The molecule has 3 aromatic rings. The molecule has 0 spiro atoms. The Hall–Kier alpha value is -2.88. The molecule has 0 bridgehead atoms. The largest absolute Gasteiger partial charge is 0.416 e. The molecule has 1 unspecified atom stereocenters. The molecule has 0 heterocycles. The van der Waals surface area contributed by atoms with Gasteiger partial charge in [-0.2, -0.15) is 13.2 Å². The van der Waals surface area contributed by atoms with E-state index in [1.165, 1.54) is 42.5 Å². The Morgan fingerprint density at radius 2 is 1.47 bits per heavy atom. The number of amides is 1. The van der Waals surface area contributed by atoms with Crippen molar-refractivity contribution >= 4 is 27.3 Å². The Morgan fingerprint density at radius 1 is 0.906 bits per heavy atom. The number of benzene rings is 3. The highest BCUT2D eigenvalue weighted by Crippen LogP contribution is 2.39. The summed E-state index contributed by atoms with van der Waals surface area (Å²) < 4.78 is 68.2. The molecule has 3 N–H and O–H groups in total. The van der Waals surface area contributed by atoms with E-state index >= 15 is 0 Å². The molecule has 5 nitrogen and oxygen atoms in total. The quantitative estimate of drug-likeness (QED) is 0.513. The van der Waals surface area contributed by atoms with Crippen molar-refractivity contribution in [1.29, 1.82) is 0 Å². The zero-order valence-electron chi connectivity index (χ0n) is 16.4. The molecule has 0 saturated heterocycles.